The summed E-state index contributed by atoms with van der Waals surface area (Å²) in [4.78, 5) is 40.1. The van der Waals surface area contributed by atoms with Gasteiger partial charge in [-0.2, -0.15) is 0 Å². The number of aromatic nitrogens is 3. The van der Waals surface area contributed by atoms with Crippen molar-refractivity contribution in [1.82, 2.24) is 20.3 Å². The third kappa shape index (κ3) is 3.41. The molecule has 7 nitrogen and oxygen atoms in total. The maximum Gasteiger partial charge on any atom is 0.270 e. The van der Waals surface area contributed by atoms with Crippen LogP contribution in [0.25, 0.3) is 0 Å². The zero-order valence-electron chi connectivity index (χ0n) is 15.4. The Morgan fingerprint density at radius 1 is 1.22 bits per heavy atom. The summed E-state index contributed by atoms with van der Waals surface area (Å²) in [6, 6.07) is 7.08. The number of nitrogens with one attached hydrogen (secondary N) is 1. The molecule has 0 aromatic carbocycles. The Kier molecular flexibility index (Phi) is 4.59. The van der Waals surface area contributed by atoms with Gasteiger partial charge in [-0.25, -0.2) is 9.97 Å². The largest absolute Gasteiger partial charge is 0.348 e. The summed E-state index contributed by atoms with van der Waals surface area (Å²) in [5.41, 5.74) is 0.829. The Labute approximate surface area is 158 Å². The van der Waals surface area contributed by atoms with Crippen LogP contribution in [-0.4, -0.2) is 39.4 Å². The van der Waals surface area contributed by atoms with Crippen molar-refractivity contribution in [2.75, 3.05) is 11.4 Å². The van der Waals surface area contributed by atoms with Crippen molar-refractivity contribution < 1.29 is 9.59 Å². The van der Waals surface area contributed by atoms with Crippen LogP contribution in [0, 0.1) is 12.3 Å². The van der Waals surface area contributed by atoms with Gasteiger partial charge in [0.05, 0.1) is 5.41 Å². The van der Waals surface area contributed by atoms with Gasteiger partial charge in [-0.1, -0.05) is 12.5 Å². The topological polar surface area (TPSA) is 88.1 Å². The van der Waals surface area contributed by atoms with E-state index >= 15 is 0 Å². The quantitative estimate of drug-likeness (QED) is 0.901. The monoisotopic (exact) mass is 365 g/mol. The van der Waals surface area contributed by atoms with Gasteiger partial charge >= 0.3 is 0 Å². The van der Waals surface area contributed by atoms with E-state index in [0.717, 1.165) is 31.4 Å². The molecule has 2 aliphatic rings. The third-order valence-electron chi connectivity index (χ3n) is 5.61. The summed E-state index contributed by atoms with van der Waals surface area (Å²) in [6.07, 6.45) is 7.39. The lowest BCUT2D eigenvalue weighted by atomic mass is 9.71. The van der Waals surface area contributed by atoms with Gasteiger partial charge in [-0.05, 0) is 50.8 Å². The molecule has 1 saturated carbocycles. The SMILES string of the molecule is Cc1ccnc(N2CCC3(CCCC(NC(=O)c4ccccn4)C3)C2=O)n1. The van der Waals surface area contributed by atoms with Crippen LogP contribution in [0.5, 0.6) is 0 Å². The number of carbonyl (C=O) groups excluding carboxylic acids is 2. The van der Waals surface area contributed by atoms with E-state index < -0.39 is 5.41 Å². The van der Waals surface area contributed by atoms with E-state index in [1.165, 1.54) is 0 Å². The average molecular weight is 365 g/mol. The number of carbonyl (C=O) groups is 2. The molecule has 1 N–H and O–H groups in total. The number of rotatable bonds is 3. The summed E-state index contributed by atoms with van der Waals surface area (Å²) < 4.78 is 0. The van der Waals surface area contributed by atoms with Gasteiger partial charge in [0.1, 0.15) is 5.69 Å². The van der Waals surface area contributed by atoms with Crippen molar-refractivity contribution >= 4 is 17.8 Å². The summed E-state index contributed by atoms with van der Waals surface area (Å²) in [7, 11) is 0. The van der Waals surface area contributed by atoms with Crippen molar-refractivity contribution in [2.45, 2.75) is 45.1 Å². The molecular formula is C20H23N5O2. The maximum absolute atomic E-state index is 13.2. The molecule has 2 unspecified atom stereocenters. The summed E-state index contributed by atoms with van der Waals surface area (Å²) in [6.45, 7) is 2.52. The first-order valence-corrected chi connectivity index (χ1v) is 9.41. The van der Waals surface area contributed by atoms with E-state index in [-0.39, 0.29) is 17.9 Å². The Morgan fingerprint density at radius 2 is 2.11 bits per heavy atom. The predicted molar refractivity (Wildman–Crippen MR) is 100 cm³/mol. The molecule has 1 aliphatic heterocycles. The summed E-state index contributed by atoms with van der Waals surface area (Å²) in [5, 5.41) is 3.07. The second-order valence-corrected chi connectivity index (χ2v) is 7.47. The first kappa shape index (κ1) is 17.6. The van der Waals surface area contributed by atoms with Gasteiger partial charge in [0, 0.05) is 30.7 Å². The highest BCUT2D eigenvalue weighted by Crippen LogP contribution is 2.45. The molecule has 2 fully saturated rings. The fraction of sp³-hybridized carbons (Fsp3) is 0.450. The fourth-order valence-corrected chi connectivity index (χ4v) is 4.24. The zero-order valence-corrected chi connectivity index (χ0v) is 15.4. The number of hydrogen-bond acceptors (Lipinski definition) is 5. The van der Waals surface area contributed by atoms with Crippen molar-refractivity contribution in [3.63, 3.8) is 0 Å². The molecule has 4 rings (SSSR count). The lowest BCUT2D eigenvalue weighted by Crippen LogP contribution is -2.46. The molecular weight excluding hydrogens is 342 g/mol. The van der Waals surface area contributed by atoms with Crippen LogP contribution in [0.4, 0.5) is 5.95 Å². The van der Waals surface area contributed by atoms with Crippen molar-refractivity contribution in [1.29, 1.82) is 0 Å². The van der Waals surface area contributed by atoms with Gasteiger partial charge in [0.15, 0.2) is 0 Å². The van der Waals surface area contributed by atoms with Crippen LogP contribution < -0.4 is 10.2 Å². The number of pyridine rings is 1. The van der Waals surface area contributed by atoms with Crippen LogP contribution in [0.2, 0.25) is 0 Å². The van der Waals surface area contributed by atoms with E-state index in [2.05, 4.69) is 20.3 Å². The lowest BCUT2D eigenvalue weighted by Gasteiger charge is -2.36. The highest BCUT2D eigenvalue weighted by molar-refractivity contribution is 5.98. The predicted octanol–water partition coefficient (Wildman–Crippen LogP) is 2.28. The Balaban J connectivity index is 1.47. The van der Waals surface area contributed by atoms with Gasteiger partial charge in [-0.3, -0.25) is 19.5 Å². The molecule has 1 spiro atoms. The lowest BCUT2D eigenvalue weighted by molar-refractivity contribution is -0.127. The van der Waals surface area contributed by atoms with E-state index in [4.69, 9.17) is 0 Å². The highest BCUT2D eigenvalue weighted by Gasteiger charge is 2.50. The van der Waals surface area contributed by atoms with Gasteiger partial charge in [0.2, 0.25) is 11.9 Å². The molecule has 1 aliphatic carbocycles. The molecule has 2 amide bonds. The minimum absolute atomic E-state index is 0.0180. The molecule has 140 valence electrons. The molecule has 27 heavy (non-hydrogen) atoms. The van der Waals surface area contributed by atoms with Crippen LogP contribution in [0.15, 0.2) is 36.7 Å². The van der Waals surface area contributed by atoms with Crippen molar-refractivity contribution in [3.8, 4) is 0 Å². The smallest absolute Gasteiger partial charge is 0.270 e. The number of amides is 2. The first-order valence-electron chi connectivity index (χ1n) is 9.41. The Hall–Kier alpha value is -2.83. The van der Waals surface area contributed by atoms with E-state index in [1.807, 2.05) is 13.0 Å². The minimum atomic E-state index is -0.423. The van der Waals surface area contributed by atoms with Gasteiger partial charge < -0.3 is 5.32 Å². The molecule has 2 aromatic rings. The van der Waals surface area contributed by atoms with E-state index in [0.29, 0.717) is 24.6 Å². The molecule has 0 radical (unpaired) electrons. The van der Waals surface area contributed by atoms with Crippen LogP contribution in [-0.2, 0) is 4.79 Å². The van der Waals surface area contributed by atoms with Gasteiger partial charge in [0.25, 0.3) is 5.91 Å². The number of nitrogens with zero attached hydrogens (tertiary/aromatic N) is 4. The summed E-state index contributed by atoms with van der Waals surface area (Å²) >= 11 is 0. The van der Waals surface area contributed by atoms with Gasteiger partial charge in [-0.15, -0.1) is 0 Å². The average Bonchev–Trinajstić information content (AvgIpc) is 2.98. The standard InChI is InChI=1S/C20H23N5O2/c1-14-7-11-22-19(23-14)25-12-9-20(18(25)27)8-4-5-15(13-20)24-17(26)16-6-2-3-10-21-16/h2-3,6-7,10-11,15H,4-5,8-9,12-13H2,1H3,(H,24,26). The van der Waals surface area contributed by atoms with Crippen LogP contribution in [0.3, 0.4) is 0 Å². The molecule has 3 heterocycles. The number of aryl methyl sites for hydroxylation is 1. The second-order valence-electron chi connectivity index (χ2n) is 7.47. The normalized spacial score (nSPS) is 25.0. The third-order valence-corrected chi connectivity index (χ3v) is 5.61. The van der Waals surface area contributed by atoms with Crippen molar-refractivity contribution in [3.05, 3.63) is 48.0 Å². The maximum atomic E-state index is 13.2. The molecule has 2 aromatic heterocycles. The van der Waals surface area contributed by atoms with E-state index in [9.17, 15) is 9.59 Å². The Bertz CT molecular complexity index is 856. The van der Waals surface area contributed by atoms with Crippen molar-refractivity contribution in [2.24, 2.45) is 5.41 Å². The number of anilines is 1. The zero-order chi connectivity index (χ0) is 18.9. The second kappa shape index (κ2) is 7.06. The number of hydrogen-bond donors (Lipinski definition) is 1. The van der Waals surface area contributed by atoms with E-state index in [1.54, 1.807) is 35.5 Å². The minimum Gasteiger partial charge on any atom is -0.348 e. The first-order chi connectivity index (χ1) is 13.1. The Morgan fingerprint density at radius 3 is 2.89 bits per heavy atom. The molecule has 1 saturated heterocycles. The highest BCUT2D eigenvalue weighted by atomic mass is 16.2. The molecule has 7 heteroatoms. The van der Waals surface area contributed by atoms with Crippen LogP contribution in [0.1, 0.15) is 48.3 Å². The van der Waals surface area contributed by atoms with Crippen LogP contribution >= 0.6 is 0 Å². The summed E-state index contributed by atoms with van der Waals surface area (Å²) in [5.74, 6) is 0.392. The molecule has 0 bridgehead atoms. The fourth-order valence-electron chi connectivity index (χ4n) is 4.24. The molecule has 2 atom stereocenters.